The molecule has 0 atom stereocenters. The summed E-state index contributed by atoms with van der Waals surface area (Å²) >= 11 is 0. The van der Waals surface area contributed by atoms with E-state index < -0.39 is 0 Å². The summed E-state index contributed by atoms with van der Waals surface area (Å²) in [5.41, 5.74) is 3.24. The summed E-state index contributed by atoms with van der Waals surface area (Å²) in [6.45, 7) is 1.50. The first-order chi connectivity index (χ1) is 12.6. The number of anilines is 2. The van der Waals surface area contributed by atoms with Crippen LogP contribution in [-0.4, -0.2) is 66.2 Å². The van der Waals surface area contributed by atoms with Gasteiger partial charge in [-0.2, -0.15) is 0 Å². The third kappa shape index (κ3) is 2.59. The van der Waals surface area contributed by atoms with Gasteiger partial charge in [-0.3, -0.25) is 0 Å². The SMILES string of the molecule is CN(CCN(C)c1ncnc2c1ncn2C)c1ncnc2c1ncn2C. The van der Waals surface area contributed by atoms with Gasteiger partial charge in [-0.05, 0) is 0 Å². The maximum atomic E-state index is 4.42. The second kappa shape index (κ2) is 6.21. The van der Waals surface area contributed by atoms with E-state index in [1.54, 1.807) is 25.3 Å². The van der Waals surface area contributed by atoms with Crippen LogP contribution in [0.25, 0.3) is 22.3 Å². The summed E-state index contributed by atoms with van der Waals surface area (Å²) < 4.78 is 3.78. The number of aromatic nitrogens is 8. The summed E-state index contributed by atoms with van der Waals surface area (Å²) in [5.74, 6) is 1.63. The molecule has 0 bridgehead atoms. The van der Waals surface area contributed by atoms with Gasteiger partial charge in [-0.15, -0.1) is 0 Å². The van der Waals surface area contributed by atoms with Crippen LogP contribution in [0.3, 0.4) is 0 Å². The number of likely N-dealkylation sites (N-methyl/N-ethyl adjacent to an activating group) is 2. The third-order valence-electron chi connectivity index (χ3n) is 4.45. The van der Waals surface area contributed by atoms with Gasteiger partial charge < -0.3 is 18.9 Å². The topological polar surface area (TPSA) is 93.7 Å². The Balaban J connectivity index is 1.54. The van der Waals surface area contributed by atoms with Crippen molar-refractivity contribution >= 4 is 34.0 Å². The minimum atomic E-state index is 0.748. The molecule has 134 valence electrons. The Hall–Kier alpha value is -3.30. The van der Waals surface area contributed by atoms with Gasteiger partial charge in [-0.1, -0.05) is 0 Å². The Kier molecular flexibility index (Phi) is 3.86. The zero-order valence-corrected chi connectivity index (χ0v) is 15.2. The predicted octanol–water partition coefficient (Wildman–Crippen LogP) is 0.613. The number of imidazole rings is 2. The highest BCUT2D eigenvalue weighted by atomic mass is 15.3. The van der Waals surface area contributed by atoms with E-state index in [2.05, 4.69) is 39.7 Å². The summed E-state index contributed by atoms with van der Waals surface area (Å²) in [5, 5.41) is 0. The van der Waals surface area contributed by atoms with Gasteiger partial charge in [-0.25, -0.2) is 29.9 Å². The van der Waals surface area contributed by atoms with Crippen molar-refractivity contribution in [2.75, 3.05) is 37.0 Å². The summed E-state index contributed by atoms with van der Waals surface area (Å²) in [4.78, 5) is 30.4. The van der Waals surface area contributed by atoms with Gasteiger partial charge in [0, 0.05) is 41.3 Å². The molecule has 0 N–H and O–H groups in total. The van der Waals surface area contributed by atoms with E-state index in [1.165, 1.54) is 0 Å². The van der Waals surface area contributed by atoms with E-state index in [0.717, 1.165) is 47.1 Å². The van der Waals surface area contributed by atoms with E-state index in [9.17, 15) is 0 Å². The number of hydrogen-bond donors (Lipinski definition) is 0. The molecule has 4 heterocycles. The van der Waals surface area contributed by atoms with Gasteiger partial charge in [0.2, 0.25) is 0 Å². The van der Waals surface area contributed by atoms with Crippen molar-refractivity contribution in [2.24, 2.45) is 14.1 Å². The molecule has 0 saturated heterocycles. The monoisotopic (exact) mass is 352 g/mol. The zero-order valence-electron chi connectivity index (χ0n) is 15.2. The van der Waals surface area contributed by atoms with Crippen molar-refractivity contribution in [2.45, 2.75) is 0 Å². The smallest absolute Gasteiger partial charge is 0.165 e. The number of aryl methyl sites for hydroxylation is 2. The molecule has 0 saturated carbocycles. The molecule has 4 aromatic rings. The first-order valence-electron chi connectivity index (χ1n) is 8.22. The van der Waals surface area contributed by atoms with Crippen LogP contribution in [0.5, 0.6) is 0 Å². The highest BCUT2D eigenvalue weighted by Crippen LogP contribution is 2.21. The van der Waals surface area contributed by atoms with Gasteiger partial charge in [0.1, 0.15) is 12.7 Å². The Morgan fingerprint density at radius 2 is 1.12 bits per heavy atom. The molecule has 0 fully saturated rings. The highest BCUT2D eigenvalue weighted by molar-refractivity contribution is 5.84. The Morgan fingerprint density at radius 3 is 1.54 bits per heavy atom. The average Bonchev–Trinajstić information content (AvgIpc) is 3.23. The number of hydrogen-bond acceptors (Lipinski definition) is 8. The Morgan fingerprint density at radius 1 is 0.692 bits per heavy atom. The van der Waals surface area contributed by atoms with Crippen LogP contribution in [0.2, 0.25) is 0 Å². The summed E-state index contributed by atoms with van der Waals surface area (Å²) in [6, 6.07) is 0. The molecule has 0 aromatic carbocycles. The quantitative estimate of drug-likeness (QED) is 0.516. The fourth-order valence-electron chi connectivity index (χ4n) is 2.94. The fourth-order valence-corrected chi connectivity index (χ4v) is 2.94. The van der Waals surface area contributed by atoms with Crippen molar-refractivity contribution < 1.29 is 0 Å². The average molecular weight is 352 g/mol. The second-order valence-corrected chi connectivity index (χ2v) is 6.29. The standard InChI is InChI=1S/C16H20N10/c1-23(13-11-15(19-7-17-13)25(3)9-21-11)5-6-24(2)14-12-16(20-8-18-14)26(4)10-22-12/h7-10H,5-6H2,1-4H3. The Labute approximate surface area is 150 Å². The summed E-state index contributed by atoms with van der Waals surface area (Å²) in [7, 11) is 7.85. The van der Waals surface area contributed by atoms with E-state index in [0.29, 0.717) is 0 Å². The van der Waals surface area contributed by atoms with Gasteiger partial charge in [0.15, 0.2) is 34.0 Å². The minimum absolute atomic E-state index is 0.748. The number of rotatable bonds is 5. The lowest BCUT2D eigenvalue weighted by atomic mass is 10.4. The van der Waals surface area contributed by atoms with E-state index in [1.807, 2.05) is 37.3 Å². The molecule has 0 aliphatic heterocycles. The molecule has 26 heavy (non-hydrogen) atoms. The van der Waals surface area contributed by atoms with E-state index >= 15 is 0 Å². The first-order valence-corrected chi connectivity index (χ1v) is 8.22. The molecule has 0 unspecified atom stereocenters. The number of nitrogens with zero attached hydrogens (tertiary/aromatic N) is 10. The van der Waals surface area contributed by atoms with Crippen molar-refractivity contribution in [3.63, 3.8) is 0 Å². The van der Waals surface area contributed by atoms with Gasteiger partial charge >= 0.3 is 0 Å². The normalized spacial score (nSPS) is 11.4. The van der Waals surface area contributed by atoms with E-state index in [-0.39, 0.29) is 0 Å². The van der Waals surface area contributed by atoms with Crippen LogP contribution in [0.4, 0.5) is 11.6 Å². The first kappa shape index (κ1) is 16.2. The molecule has 10 heteroatoms. The van der Waals surface area contributed by atoms with Crippen LogP contribution in [0.15, 0.2) is 25.3 Å². The predicted molar refractivity (Wildman–Crippen MR) is 99.1 cm³/mol. The molecule has 10 nitrogen and oxygen atoms in total. The molecule has 0 spiro atoms. The number of fused-ring (bicyclic) bond motifs is 2. The lowest BCUT2D eigenvalue weighted by Gasteiger charge is -2.23. The Bertz CT molecular complexity index is 979. The largest absolute Gasteiger partial charge is 0.356 e. The lowest BCUT2D eigenvalue weighted by Crippen LogP contribution is -2.32. The van der Waals surface area contributed by atoms with Crippen LogP contribution in [0, 0.1) is 0 Å². The molecule has 0 amide bonds. The maximum absolute atomic E-state index is 4.42. The van der Waals surface area contributed by atoms with Crippen molar-refractivity contribution in [1.82, 2.24) is 39.0 Å². The summed E-state index contributed by atoms with van der Waals surface area (Å²) in [6.07, 6.45) is 6.64. The van der Waals surface area contributed by atoms with Crippen LogP contribution < -0.4 is 9.80 Å². The van der Waals surface area contributed by atoms with Crippen molar-refractivity contribution in [3.8, 4) is 0 Å². The highest BCUT2D eigenvalue weighted by Gasteiger charge is 2.15. The van der Waals surface area contributed by atoms with Gasteiger partial charge in [0.05, 0.1) is 12.7 Å². The van der Waals surface area contributed by atoms with Crippen LogP contribution in [-0.2, 0) is 14.1 Å². The molecule has 0 radical (unpaired) electrons. The molecule has 0 aliphatic rings. The van der Waals surface area contributed by atoms with Crippen LogP contribution in [0.1, 0.15) is 0 Å². The van der Waals surface area contributed by atoms with Crippen molar-refractivity contribution in [1.29, 1.82) is 0 Å². The molecule has 0 aliphatic carbocycles. The minimum Gasteiger partial charge on any atom is -0.356 e. The van der Waals surface area contributed by atoms with E-state index in [4.69, 9.17) is 0 Å². The fraction of sp³-hybridized carbons (Fsp3) is 0.375. The zero-order chi connectivity index (χ0) is 18.3. The van der Waals surface area contributed by atoms with Gasteiger partial charge in [0.25, 0.3) is 0 Å². The molecule has 4 rings (SSSR count). The maximum Gasteiger partial charge on any atom is 0.165 e. The van der Waals surface area contributed by atoms with Crippen LogP contribution >= 0.6 is 0 Å². The molecule has 4 aromatic heterocycles. The second-order valence-electron chi connectivity index (χ2n) is 6.29. The molecular weight excluding hydrogens is 332 g/mol. The molecular formula is C16H20N10. The lowest BCUT2D eigenvalue weighted by molar-refractivity contribution is 0.814. The third-order valence-corrected chi connectivity index (χ3v) is 4.45. The van der Waals surface area contributed by atoms with Crippen molar-refractivity contribution in [3.05, 3.63) is 25.3 Å².